The number of aromatic amines is 1. The van der Waals surface area contributed by atoms with Gasteiger partial charge in [0.15, 0.2) is 11.7 Å². The van der Waals surface area contributed by atoms with Gasteiger partial charge in [-0.15, -0.1) is 29.1 Å². The SMILES string of the molecule is CN=C(NCc1nc(-c2ccco2)n[nH]1)NC1CC=CC1.I. The van der Waals surface area contributed by atoms with Crippen LogP contribution in [0.1, 0.15) is 18.7 Å². The van der Waals surface area contributed by atoms with E-state index in [1.807, 2.05) is 12.1 Å². The fraction of sp³-hybridized carbons (Fsp3) is 0.357. The van der Waals surface area contributed by atoms with Crippen LogP contribution in [0.4, 0.5) is 0 Å². The van der Waals surface area contributed by atoms with Gasteiger partial charge in [-0.2, -0.15) is 0 Å². The molecule has 8 heteroatoms. The van der Waals surface area contributed by atoms with Crippen molar-refractivity contribution in [3.05, 3.63) is 36.4 Å². The maximum atomic E-state index is 5.26. The van der Waals surface area contributed by atoms with Crippen molar-refractivity contribution in [2.45, 2.75) is 25.4 Å². The molecule has 7 nitrogen and oxygen atoms in total. The summed E-state index contributed by atoms with van der Waals surface area (Å²) < 4.78 is 5.26. The number of guanidine groups is 1. The second kappa shape index (κ2) is 7.97. The molecule has 2 aromatic heterocycles. The molecule has 0 unspecified atom stereocenters. The molecule has 0 saturated carbocycles. The van der Waals surface area contributed by atoms with Crippen LogP contribution in [0.5, 0.6) is 0 Å². The average molecular weight is 414 g/mol. The maximum absolute atomic E-state index is 5.26. The Morgan fingerprint density at radius 2 is 2.27 bits per heavy atom. The fourth-order valence-electron chi connectivity index (χ4n) is 2.18. The van der Waals surface area contributed by atoms with E-state index >= 15 is 0 Å². The summed E-state index contributed by atoms with van der Waals surface area (Å²) in [6, 6.07) is 4.06. The summed E-state index contributed by atoms with van der Waals surface area (Å²) >= 11 is 0. The molecular formula is C14H19IN6O. The number of hydrogen-bond donors (Lipinski definition) is 3. The Labute approximate surface area is 145 Å². The van der Waals surface area contributed by atoms with Crippen LogP contribution in [0.3, 0.4) is 0 Å². The van der Waals surface area contributed by atoms with Crippen LogP contribution in [0.15, 0.2) is 40.0 Å². The predicted octanol–water partition coefficient (Wildman–Crippen LogP) is 2.07. The third-order valence-electron chi connectivity index (χ3n) is 3.27. The van der Waals surface area contributed by atoms with E-state index in [0.717, 1.165) is 24.6 Å². The van der Waals surface area contributed by atoms with Gasteiger partial charge in [0, 0.05) is 13.1 Å². The van der Waals surface area contributed by atoms with Crippen LogP contribution in [-0.4, -0.2) is 34.2 Å². The van der Waals surface area contributed by atoms with E-state index in [1.165, 1.54) is 0 Å². The van der Waals surface area contributed by atoms with Crippen molar-refractivity contribution >= 4 is 29.9 Å². The first-order valence-corrected chi connectivity index (χ1v) is 6.92. The van der Waals surface area contributed by atoms with Crippen LogP contribution >= 0.6 is 24.0 Å². The van der Waals surface area contributed by atoms with Crippen LogP contribution in [-0.2, 0) is 6.54 Å². The van der Waals surface area contributed by atoms with E-state index in [-0.39, 0.29) is 24.0 Å². The van der Waals surface area contributed by atoms with Crippen LogP contribution in [0.25, 0.3) is 11.6 Å². The number of halogens is 1. The average Bonchev–Trinajstić information content (AvgIpc) is 3.24. The molecule has 0 amide bonds. The summed E-state index contributed by atoms with van der Waals surface area (Å²) in [5.74, 6) is 2.70. The summed E-state index contributed by atoms with van der Waals surface area (Å²) in [5.41, 5.74) is 0. The van der Waals surface area contributed by atoms with E-state index in [0.29, 0.717) is 24.2 Å². The fourth-order valence-corrected chi connectivity index (χ4v) is 2.18. The molecule has 0 aliphatic heterocycles. The van der Waals surface area contributed by atoms with Gasteiger partial charge in [-0.05, 0) is 25.0 Å². The first-order valence-electron chi connectivity index (χ1n) is 6.92. The predicted molar refractivity (Wildman–Crippen MR) is 95.0 cm³/mol. The van der Waals surface area contributed by atoms with E-state index < -0.39 is 0 Å². The number of aliphatic imine (C=N–C) groups is 1. The molecule has 3 rings (SSSR count). The summed E-state index contributed by atoms with van der Waals surface area (Å²) in [7, 11) is 1.76. The molecule has 0 fully saturated rings. The molecule has 118 valence electrons. The van der Waals surface area contributed by atoms with Gasteiger partial charge in [-0.1, -0.05) is 12.2 Å². The van der Waals surface area contributed by atoms with Crippen LogP contribution < -0.4 is 10.6 Å². The lowest BCUT2D eigenvalue weighted by Crippen LogP contribution is -2.42. The Bertz CT molecular complexity index is 626. The van der Waals surface area contributed by atoms with Crippen LogP contribution in [0.2, 0.25) is 0 Å². The van der Waals surface area contributed by atoms with Gasteiger partial charge in [-0.3, -0.25) is 10.1 Å². The van der Waals surface area contributed by atoms with Gasteiger partial charge < -0.3 is 15.1 Å². The molecule has 3 N–H and O–H groups in total. The van der Waals surface area contributed by atoms with Gasteiger partial charge in [-0.25, -0.2) is 4.98 Å². The van der Waals surface area contributed by atoms with Gasteiger partial charge in [0.1, 0.15) is 5.82 Å². The van der Waals surface area contributed by atoms with Gasteiger partial charge in [0.2, 0.25) is 5.82 Å². The molecule has 0 spiro atoms. The van der Waals surface area contributed by atoms with E-state index in [4.69, 9.17) is 4.42 Å². The van der Waals surface area contributed by atoms with E-state index in [9.17, 15) is 0 Å². The van der Waals surface area contributed by atoms with Crippen molar-refractivity contribution in [3.63, 3.8) is 0 Å². The third kappa shape index (κ3) is 4.09. The normalized spacial score (nSPS) is 14.9. The van der Waals surface area contributed by atoms with Crippen molar-refractivity contribution < 1.29 is 4.42 Å². The zero-order chi connectivity index (χ0) is 14.5. The molecule has 0 bridgehead atoms. The van der Waals surface area contributed by atoms with Crippen molar-refractivity contribution in [1.82, 2.24) is 25.8 Å². The van der Waals surface area contributed by atoms with E-state index in [2.05, 4.69) is 43.0 Å². The molecule has 0 radical (unpaired) electrons. The first kappa shape index (κ1) is 16.5. The molecule has 1 aliphatic rings. The third-order valence-corrected chi connectivity index (χ3v) is 3.27. The molecule has 1 aliphatic carbocycles. The van der Waals surface area contributed by atoms with E-state index in [1.54, 1.807) is 13.3 Å². The molecule has 0 saturated heterocycles. The molecular weight excluding hydrogens is 395 g/mol. The van der Waals surface area contributed by atoms with Gasteiger partial charge >= 0.3 is 0 Å². The lowest BCUT2D eigenvalue weighted by atomic mass is 10.2. The summed E-state index contributed by atoms with van der Waals surface area (Å²) in [6.45, 7) is 0.521. The number of hydrogen-bond acceptors (Lipinski definition) is 4. The van der Waals surface area contributed by atoms with Crippen molar-refractivity contribution in [2.24, 2.45) is 4.99 Å². The molecule has 22 heavy (non-hydrogen) atoms. The second-order valence-electron chi connectivity index (χ2n) is 4.79. The minimum absolute atomic E-state index is 0. The van der Waals surface area contributed by atoms with Crippen molar-refractivity contribution in [2.75, 3.05) is 7.05 Å². The molecule has 0 atom stereocenters. The zero-order valence-electron chi connectivity index (χ0n) is 12.2. The number of furan rings is 1. The topological polar surface area (TPSA) is 91.1 Å². The number of rotatable bonds is 4. The molecule has 2 aromatic rings. The smallest absolute Gasteiger partial charge is 0.216 e. The largest absolute Gasteiger partial charge is 0.461 e. The number of nitrogens with one attached hydrogen (secondary N) is 3. The second-order valence-corrected chi connectivity index (χ2v) is 4.79. The standard InChI is InChI=1S/C14H18N6O.HI/c1-15-14(17-10-5-2-3-6-10)16-9-12-18-13(20-19-12)11-7-4-8-21-11;/h2-4,7-8,10H,5-6,9H2,1H3,(H2,15,16,17)(H,18,19,20);1H. The number of H-pyrrole nitrogens is 1. The van der Waals surface area contributed by atoms with Crippen LogP contribution in [0, 0.1) is 0 Å². The van der Waals surface area contributed by atoms with Crippen molar-refractivity contribution in [3.8, 4) is 11.6 Å². The van der Waals surface area contributed by atoms with Gasteiger partial charge in [0.25, 0.3) is 0 Å². The number of aromatic nitrogens is 3. The number of nitrogens with zero attached hydrogens (tertiary/aromatic N) is 3. The van der Waals surface area contributed by atoms with Gasteiger partial charge in [0.05, 0.1) is 12.8 Å². The first-order chi connectivity index (χ1) is 10.3. The minimum Gasteiger partial charge on any atom is -0.461 e. The molecule has 2 heterocycles. The summed E-state index contributed by atoms with van der Waals surface area (Å²) in [4.78, 5) is 8.58. The quantitative estimate of drug-likeness (QED) is 0.309. The lowest BCUT2D eigenvalue weighted by Gasteiger charge is -2.16. The van der Waals surface area contributed by atoms with Crippen molar-refractivity contribution in [1.29, 1.82) is 0 Å². The summed E-state index contributed by atoms with van der Waals surface area (Å²) in [6.07, 6.45) is 8.02. The highest BCUT2D eigenvalue weighted by molar-refractivity contribution is 14.0. The zero-order valence-corrected chi connectivity index (χ0v) is 14.6. The Hall–Kier alpha value is -1.84. The highest BCUT2D eigenvalue weighted by atomic mass is 127. The Kier molecular flexibility index (Phi) is 5.99. The monoisotopic (exact) mass is 414 g/mol. The minimum atomic E-state index is 0. The molecule has 0 aromatic carbocycles. The Morgan fingerprint density at radius 3 is 2.95 bits per heavy atom. The highest BCUT2D eigenvalue weighted by Gasteiger charge is 2.12. The Balaban J connectivity index is 0.00000176. The maximum Gasteiger partial charge on any atom is 0.216 e. The lowest BCUT2D eigenvalue weighted by molar-refractivity contribution is 0.577. The highest BCUT2D eigenvalue weighted by Crippen LogP contribution is 2.14. The summed E-state index contributed by atoms with van der Waals surface area (Å²) in [5, 5.41) is 13.6. The Morgan fingerprint density at radius 1 is 1.45 bits per heavy atom.